The van der Waals surface area contributed by atoms with Gasteiger partial charge in [0.15, 0.2) is 0 Å². The molecule has 1 aromatic heterocycles. The Morgan fingerprint density at radius 2 is 2.00 bits per heavy atom. The number of aromatic hydroxyl groups is 1. The summed E-state index contributed by atoms with van der Waals surface area (Å²) in [5.41, 5.74) is -0.831. The first-order valence-electron chi connectivity index (χ1n) is 6.45. The first kappa shape index (κ1) is 15.3. The third-order valence-corrected chi connectivity index (χ3v) is 3.16. The Hall–Kier alpha value is -3.09. The van der Waals surface area contributed by atoms with E-state index in [4.69, 9.17) is 5.11 Å². The zero-order valence-electron chi connectivity index (χ0n) is 11.6. The minimum Gasteiger partial charge on any atom is -0.506 e. The molecule has 1 amide bonds. The van der Waals surface area contributed by atoms with Gasteiger partial charge >= 0.3 is 5.97 Å². The van der Waals surface area contributed by atoms with Crippen LogP contribution in [-0.4, -0.2) is 26.7 Å². The third kappa shape index (κ3) is 2.69. The van der Waals surface area contributed by atoms with Crippen molar-refractivity contribution in [3.05, 3.63) is 53.0 Å². The van der Waals surface area contributed by atoms with Gasteiger partial charge in [0, 0.05) is 11.9 Å². The quantitative estimate of drug-likeness (QED) is 0.765. The van der Waals surface area contributed by atoms with Crippen molar-refractivity contribution in [2.24, 2.45) is 0 Å². The standard InChI is InChI=1S/C15H14N2O5/c1-2-16-14(21)12-13(20)9-5-3-4-6-10(9)17(15(12)22)8-7-11(18)19/h2-6,20H,1,7-8H2,(H,16,21)(H,18,19). The molecular formula is C15H14N2O5. The van der Waals surface area contributed by atoms with Crippen LogP contribution in [0.3, 0.4) is 0 Å². The van der Waals surface area contributed by atoms with Crippen LogP contribution in [0.5, 0.6) is 5.75 Å². The number of aliphatic carboxylic acids is 1. The van der Waals surface area contributed by atoms with Gasteiger partial charge in [0.25, 0.3) is 11.5 Å². The summed E-state index contributed by atoms with van der Waals surface area (Å²) in [5, 5.41) is 21.5. The van der Waals surface area contributed by atoms with Crippen molar-refractivity contribution < 1.29 is 19.8 Å². The van der Waals surface area contributed by atoms with Gasteiger partial charge in [0.05, 0.1) is 11.9 Å². The number of carboxylic acid groups (broad SMARTS) is 1. The van der Waals surface area contributed by atoms with Crippen LogP contribution in [0.4, 0.5) is 0 Å². The molecule has 0 radical (unpaired) electrons. The number of aromatic nitrogens is 1. The summed E-state index contributed by atoms with van der Waals surface area (Å²) in [6.07, 6.45) is 0.815. The molecule has 3 N–H and O–H groups in total. The molecule has 0 aliphatic carbocycles. The lowest BCUT2D eigenvalue weighted by Crippen LogP contribution is -2.31. The number of carbonyl (C=O) groups is 2. The first-order valence-corrected chi connectivity index (χ1v) is 6.45. The SMILES string of the molecule is C=CNC(=O)c1c(O)c2ccccc2n(CCC(=O)O)c1=O. The molecule has 0 bridgehead atoms. The zero-order chi connectivity index (χ0) is 16.3. The van der Waals surface area contributed by atoms with Gasteiger partial charge in [0.2, 0.25) is 0 Å². The Labute approximate surface area is 125 Å². The molecule has 7 nitrogen and oxygen atoms in total. The number of amides is 1. The van der Waals surface area contributed by atoms with Crippen LogP contribution in [0.2, 0.25) is 0 Å². The summed E-state index contributed by atoms with van der Waals surface area (Å²) < 4.78 is 1.17. The molecule has 1 heterocycles. The summed E-state index contributed by atoms with van der Waals surface area (Å²) in [4.78, 5) is 35.1. The van der Waals surface area contributed by atoms with E-state index in [1.54, 1.807) is 24.3 Å². The minimum absolute atomic E-state index is 0.108. The normalized spacial score (nSPS) is 10.4. The lowest BCUT2D eigenvalue weighted by Gasteiger charge is -2.13. The van der Waals surface area contributed by atoms with Crippen molar-refractivity contribution in [1.29, 1.82) is 0 Å². The lowest BCUT2D eigenvalue weighted by molar-refractivity contribution is -0.137. The van der Waals surface area contributed by atoms with Crippen LogP contribution in [0.15, 0.2) is 41.8 Å². The number of pyridine rings is 1. The van der Waals surface area contributed by atoms with E-state index in [2.05, 4.69) is 11.9 Å². The van der Waals surface area contributed by atoms with Gasteiger partial charge in [-0.1, -0.05) is 18.7 Å². The Morgan fingerprint density at radius 3 is 2.64 bits per heavy atom. The number of benzene rings is 1. The van der Waals surface area contributed by atoms with Gasteiger partial charge in [-0.25, -0.2) is 0 Å². The Balaban J connectivity index is 2.75. The van der Waals surface area contributed by atoms with Gasteiger partial charge < -0.3 is 20.1 Å². The van der Waals surface area contributed by atoms with Crippen molar-refractivity contribution in [2.75, 3.05) is 0 Å². The van der Waals surface area contributed by atoms with Crippen molar-refractivity contribution in [3.8, 4) is 5.75 Å². The summed E-state index contributed by atoms with van der Waals surface area (Å²) >= 11 is 0. The Kier molecular flexibility index (Phi) is 4.26. The second-order valence-electron chi connectivity index (χ2n) is 4.52. The molecule has 114 valence electrons. The molecule has 2 aromatic rings. The number of nitrogens with zero attached hydrogens (tertiary/aromatic N) is 1. The molecule has 0 atom stereocenters. The lowest BCUT2D eigenvalue weighted by atomic mass is 10.1. The highest BCUT2D eigenvalue weighted by molar-refractivity contribution is 6.02. The van der Waals surface area contributed by atoms with E-state index in [0.717, 1.165) is 6.20 Å². The van der Waals surface area contributed by atoms with E-state index < -0.39 is 28.7 Å². The predicted octanol–water partition coefficient (Wildman–Crippen LogP) is 1.06. The fraction of sp³-hybridized carbons (Fsp3) is 0.133. The zero-order valence-corrected chi connectivity index (χ0v) is 11.6. The first-order chi connectivity index (χ1) is 10.5. The van der Waals surface area contributed by atoms with Gasteiger partial charge in [-0.05, 0) is 18.3 Å². The second kappa shape index (κ2) is 6.13. The number of nitrogens with one attached hydrogen (secondary N) is 1. The molecule has 0 saturated carbocycles. The number of fused-ring (bicyclic) bond motifs is 1. The highest BCUT2D eigenvalue weighted by Gasteiger charge is 2.21. The molecule has 22 heavy (non-hydrogen) atoms. The van der Waals surface area contributed by atoms with Gasteiger partial charge in [-0.3, -0.25) is 14.4 Å². The molecule has 0 aliphatic heterocycles. The van der Waals surface area contributed by atoms with E-state index in [1.807, 2.05) is 0 Å². The third-order valence-electron chi connectivity index (χ3n) is 3.16. The number of aryl methyl sites for hydroxylation is 1. The molecular weight excluding hydrogens is 288 g/mol. The maximum Gasteiger partial charge on any atom is 0.305 e. The molecule has 7 heteroatoms. The highest BCUT2D eigenvalue weighted by atomic mass is 16.4. The van der Waals surface area contributed by atoms with Gasteiger partial charge in [0.1, 0.15) is 11.3 Å². The summed E-state index contributed by atoms with van der Waals surface area (Å²) in [6, 6.07) is 6.42. The highest BCUT2D eigenvalue weighted by Crippen LogP contribution is 2.26. The van der Waals surface area contributed by atoms with E-state index in [-0.39, 0.29) is 13.0 Å². The number of rotatable bonds is 5. The van der Waals surface area contributed by atoms with E-state index in [9.17, 15) is 19.5 Å². The topological polar surface area (TPSA) is 109 Å². The molecule has 0 fully saturated rings. The minimum atomic E-state index is -1.07. The van der Waals surface area contributed by atoms with Crippen molar-refractivity contribution in [1.82, 2.24) is 9.88 Å². The number of para-hydroxylation sites is 1. The molecule has 2 rings (SSSR count). The van der Waals surface area contributed by atoms with Crippen LogP contribution in [0, 0.1) is 0 Å². The Bertz CT molecular complexity index is 823. The fourth-order valence-electron chi connectivity index (χ4n) is 2.19. The smallest absolute Gasteiger partial charge is 0.305 e. The molecule has 0 spiro atoms. The number of carbonyl (C=O) groups excluding carboxylic acids is 1. The number of hydrogen-bond acceptors (Lipinski definition) is 4. The summed E-state index contributed by atoms with van der Waals surface area (Å²) in [5.74, 6) is -2.31. The number of carboxylic acids is 1. The predicted molar refractivity (Wildman–Crippen MR) is 79.8 cm³/mol. The summed E-state index contributed by atoms with van der Waals surface area (Å²) in [6.45, 7) is 3.22. The Morgan fingerprint density at radius 1 is 1.32 bits per heavy atom. The van der Waals surface area contributed by atoms with Crippen LogP contribution < -0.4 is 10.9 Å². The monoisotopic (exact) mass is 302 g/mol. The van der Waals surface area contributed by atoms with Crippen molar-refractivity contribution >= 4 is 22.8 Å². The van der Waals surface area contributed by atoms with Crippen molar-refractivity contribution in [3.63, 3.8) is 0 Å². The number of hydrogen-bond donors (Lipinski definition) is 3. The maximum absolute atomic E-state index is 12.4. The van der Waals surface area contributed by atoms with E-state index in [1.165, 1.54) is 4.57 Å². The maximum atomic E-state index is 12.4. The largest absolute Gasteiger partial charge is 0.506 e. The van der Waals surface area contributed by atoms with Crippen LogP contribution in [0.1, 0.15) is 16.8 Å². The molecule has 0 aliphatic rings. The van der Waals surface area contributed by atoms with Gasteiger partial charge in [-0.2, -0.15) is 0 Å². The molecule has 0 saturated heterocycles. The fourth-order valence-corrected chi connectivity index (χ4v) is 2.19. The molecule has 1 aromatic carbocycles. The summed E-state index contributed by atoms with van der Waals surface area (Å²) in [7, 11) is 0. The van der Waals surface area contributed by atoms with E-state index in [0.29, 0.717) is 10.9 Å². The van der Waals surface area contributed by atoms with Crippen LogP contribution in [0.25, 0.3) is 10.9 Å². The molecule has 0 unspecified atom stereocenters. The van der Waals surface area contributed by atoms with Crippen LogP contribution >= 0.6 is 0 Å². The van der Waals surface area contributed by atoms with Gasteiger partial charge in [-0.15, -0.1) is 0 Å². The average Bonchev–Trinajstić information content (AvgIpc) is 2.47. The average molecular weight is 302 g/mol. The second-order valence-corrected chi connectivity index (χ2v) is 4.52. The van der Waals surface area contributed by atoms with Crippen LogP contribution in [-0.2, 0) is 11.3 Å². The van der Waals surface area contributed by atoms with Crippen molar-refractivity contribution in [2.45, 2.75) is 13.0 Å². The van der Waals surface area contributed by atoms with E-state index >= 15 is 0 Å².